The molecule has 0 aromatic heterocycles. The summed E-state index contributed by atoms with van der Waals surface area (Å²) in [6, 6.07) is 2.83. The van der Waals surface area contributed by atoms with Gasteiger partial charge in [-0.05, 0) is 56.6 Å². The number of carboxylic acid groups (broad SMARTS) is 1. The van der Waals surface area contributed by atoms with Gasteiger partial charge in [-0.1, -0.05) is 44.2 Å². The van der Waals surface area contributed by atoms with Crippen molar-refractivity contribution < 1.29 is 39.0 Å². The number of carboxylic acids is 1. The van der Waals surface area contributed by atoms with Crippen molar-refractivity contribution in [2.45, 2.75) is 89.0 Å². The van der Waals surface area contributed by atoms with E-state index in [1.54, 1.807) is 30.3 Å². The van der Waals surface area contributed by atoms with Gasteiger partial charge >= 0.3 is 5.97 Å². The highest BCUT2D eigenvalue weighted by atomic mass is 16.4. The first-order valence-corrected chi connectivity index (χ1v) is 16.5. The molecule has 15 N–H and O–H groups in total. The maximum atomic E-state index is 13.8. The van der Waals surface area contributed by atoms with Crippen LogP contribution in [0.1, 0.15) is 57.9 Å². The maximum Gasteiger partial charge on any atom is 0.326 e. The second kappa shape index (κ2) is 23.5. The second-order valence-electron chi connectivity index (χ2n) is 12.2. The van der Waals surface area contributed by atoms with Crippen LogP contribution in [0.15, 0.2) is 35.3 Å². The summed E-state index contributed by atoms with van der Waals surface area (Å²) in [5.41, 5.74) is 22.4. The lowest BCUT2D eigenvalue weighted by Crippen LogP contribution is -2.58. The fourth-order valence-corrected chi connectivity index (χ4v) is 4.73. The Morgan fingerprint density at radius 3 is 1.94 bits per heavy atom. The Balaban J connectivity index is 3.21. The first kappa shape index (κ1) is 43.2. The number of hydrogen-bond donors (Lipinski definition) is 11. The highest BCUT2D eigenvalue weighted by Crippen LogP contribution is 2.10. The van der Waals surface area contributed by atoms with Crippen LogP contribution in [0.2, 0.25) is 0 Å². The third-order valence-corrected chi connectivity index (χ3v) is 7.37. The number of nitrogens with zero attached hydrogens (tertiary/aromatic N) is 1. The van der Waals surface area contributed by atoms with Crippen LogP contribution in [0.4, 0.5) is 0 Å². The molecule has 50 heavy (non-hydrogen) atoms. The minimum absolute atomic E-state index is 0.0234. The first-order chi connectivity index (χ1) is 23.7. The molecule has 1 aromatic rings. The SMILES string of the molecule is CC(C)C[C@H](NC(=O)[C@H](Cc1ccccc1)NC(=O)[C@H](CCCCN)NC(=O)CNC(=O)[C@@H](N)CO)C(=O)N[C@@H](CCCN=C(N)N)C(=O)O. The molecule has 5 atom stereocenters. The largest absolute Gasteiger partial charge is 0.480 e. The highest BCUT2D eigenvalue weighted by Gasteiger charge is 2.32. The van der Waals surface area contributed by atoms with E-state index in [4.69, 9.17) is 28.0 Å². The number of carbonyl (C=O) groups is 6. The zero-order valence-electron chi connectivity index (χ0n) is 28.7. The van der Waals surface area contributed by atoms with Gasteiger partial charge in [-0.2, -0.15) is 0 Å². The zero-order chi connectivity index (χ0) is 37.6. The summed E-state index contributed by atoms with van der Waals surface area (Å²) in [7, 11) is 0. The van der Waals surface area contributed by atoms with Crippen LogP contribution in [-0.2, 0) is 35.2 Å². The second-order valence-corrected chi connectivity index (χ2v) is 12.2. The molecule has 5 amide bonds. The number of aliphatic carboxylic acids is 1. The molecular weight excluding hydrogens is 652 g/mol. The Kier molecular flexibility index (Phi) is 20.3. The number of nitrogens with two attached hydrogens (primary N) is 4. The molecule has 0 radical (unpaired) electrons. The van der Waals surface area contributed by atoms with Crippen LogP contribution in [0.5, 0.6) is 0 Å². The minimum atomic E-state index is -1.27. The summed E-state index contributed by atoms with van der Waals surface area (Å²) in [5, 5.41) is 31.5. The Labute approximate surface area is 291 Å². The summed E-state index contributed by atoms with van der Waals surface area (Å²) < 4.78 is 0. The lowest BCUT2D eigenvalue weighted by atomic mass is 10.00. The summed E-state index contributed by atoms with van der Waals surface area (Å²) in [6.07, 6.45) is 1.65. The summed E-state index contributed by atoms with van der Waals surface area (Å²) in [4.78, 5) is 81.1. The van der Waals surface area contributed by atoms with Crippen LogP contribution >= 0.6 is 0 Å². The van der Waals surface area contributed by atoms with Gasteiger partial charge in [0, 0.05) is 13.0 Å². The molecule has 0 spiro atoms. The number of carbonyl (C=O) groups excluding carboxylic acids is 5. The number of amides is 5. The average molecular weight is 707 g/mol. The van der Waals surface area contributed by atoms with Crippen molar-refractivity contribution in [2.75, 3.05) is 26.2 Å². The smallest absolute Gasteiger partial charge is 0.326 e. The molecule has 0 aliphatic rings. The van der Waals surface area contributed by atoms with E-state index >= 15 is 0 Å². The fourth-order valence-electron chi connectivity index (χ4n) is 4.73. The van der Waals surface area contributed by atoms with Gasteiger partial charge in [0.1, 0.15) is 30.2 Å². The van der Waals surface area contributed by atoms with Crippen LogP contribution in [0, 0.1) is 5.92 Å². The van der Waals surface area contributed by atoms with Gasteiger partial charge in [0.05, 0.1) is 13.2 Å². The third kappa shape index (κ3) is 17.5. The molecule has 0 unspecified atom stereocenters. The molecule has 0 saturated heterocycles. The van der Waals surface area contributed by atoms with Crippen molar-refractivity contribution in [1.29, 1.82) is 0 Å². The molecule has 1 aromatic carbocycles. The monoisotopic (exact) mass is 706 g/mol. The predicted molar refractivity (Wildman–Crippen MR) is 186 cm³/mol. The van der Waals surface area contributed by atoms with Crippen LogP contribution in [0.25, 0.3) is 0 Å². The Morgan fingerprint density at radius 1 is 0.780 bits per heavy atom. The van der Waals surface area contributed by atoms with Crippen molar-refractivity contribution >= 4 is 41.5 Å². The first-order valence-electron chi connectivity index (χ1n) is 16.5. The quantitative estimate of drug-likeness (QED) is 0.0290. The number of hydrogen-bond acceptors (Lipinski definition) is 10. The van der Waals surface area contributed by atoms with E-state index in [-0.39, 0.29) is 50.5 Å². The van der Waals surface area contributed by atoms with E-state index < -0.39 is 78.9 Å². The number of aliphatic imine (C=N–C) groups is 1. The lowest BCUT2D eigenvalue weighted by molar-refractivity contribution is -0.142. The van der Waals surface area contributed by atoms with Gasteiger partial charge in [-0.3, -0.25) is 29.0 Å². The van der Waals surface area contributed by atoms with Crippen molar-refractivity contribution in [3.63, 3.8) is 0 Å². The predicted octanol–water partition coefficient (Wildman–Crippen LogP) is -3.08. The molecule has 280 valence electrons. The fraction of sp³-hybridized carbons (Fsp3) is 0.594. The molecule has 0 aliphatic heterocycles. The number of guanidine groups is 1. The maximum absolute atomic E-state index is 13.8. The van der Waals surface area contributed by atoms with Gasteiger partial charge in [0.25, 0.3) is 0 Å². The van der Waals surface area contributed by atoms with E-state index in [2.05, 4.69) is 31.6 Å². The normalized spacial score (nSPS) is 13.9. The van der Waals surface area contributed by atoms with E-state index in [0.29, 0.717) is 24.9 Å². The molecule has 0 fully saturated rings. The van der Waals surface area contributed by atoms with Crippen molar-refractivity contribution in [1.82, 2.24) is 26.6 Å². The molecule has 0 bridgehead atoms. The van der Waals surface area contributed by atoms with Crippen LogP contribution < -0.4 is 49.5 Å². The molecular formula is C32H54N10O8. The minimum Gasteiger partial charge on any atom is -0.480 e. The van der Waals surface area contributed by atoms with Gasteiger partial charge in [0.15, 0.2) is 5.96 Å². The van der Waals surface area contributed by atoms with E-state index in [1.165, 1.54) is 0 Å². The van der Waals surface area contributed by atoms with Crippen LogP contribution in [-0.4, -0.2) is 108 Å². The van der Waals surface area contributed by atoms with Gasteiger partial charge < -0.3 is 59.7 Å². The molecule has 18 heteroatoms. The summed E-state index contributed by atoms with van der Waals surface area (Å²) in [6.45, 7) is 3.02. The molecule has 0 aliphatic carbocycles. The zero-order valence-corrected chi connectivity index (χ0v) is 28.7. The number of benzene rings is 1. The van der Waals surface area contributed by atoms with Crippen molar-refractivity contribution in [2.24, 2.45) is 33.8 Å². The number of nitrogens with one attached hydrogen (secondary N) is 5. The molecule has 0 saturated carbocycles. The average Bonchev–Trinajstić information content (AvgIpc) is 3.06. The lowest BCUT2D eigenvalue weighted by Gasteiger charge is -2.27. The Hall–Kier alpha value is -4.81. The van der Waals surface area contributed by atoms with Crippen LogP contribution in [0.3, 0.4) is 0 Å². The Morgan fingerprint density at radius 2 is 1.36 bits per heavy atom. The molecule has 18 nitrogen and oxygen atoms in total. The van der Waals surface area contributed by atoms with Crippen molar-refractivity contribution in [3.05, 3.63) is 35.9 Å². The Bertz CT molecular complexity index is 1280. The third-order valence-electron chi connectivity index (χ3n) is 7.37. The van der Waals surface area contributed by atoms with E-state index in [9.17, 15) is 33.9 Å². The van der Waals surface area contributed by atoms with Gasteiger partial charge in [0.2, 0.25) is 29.5 Å². The van der Waals surface area contributed by atoms with Gasteiger partial charge in [-0.25, -0.2) is 4.79 Å². The highest BCUT2D eigenvalue weighted by molar-refractivity contribution is 5.95. The molecule has 0 heterocycles. The number of aliphatic hydroxyl groups is 1. The topological polar surface area (TPSA) is 319 Å². The number of unbranched alkanes of at least 4 members (excludes halogenated alkanes) is 1. The van der Waals surface area contributed by atoms with Crippen molar-refractivity contribution in [3.8, 4) is 0 Å². The number of aliphatic hydroxyl groups excluding tert-OH is 1. The van der Waals surface area contributed by atoms with E-state index in [0.717, 1.165) is 0 Å². The number of rotatable bonds is 24. The standard InChI is InChI=1S/C32H54N10O8/c1-19(2)15-24(29(47)40-23(31(49)50)12-8-14-37-32(35)36)41-30(48)25(16-20-9-4-3-5-10-20)42-28(46)22(11-6-7-13-33)39-26(44)17-38-27(45)21(34)18-43/h3-5,9-10,19,21-25,43H,6-8,11-18,33-34H2,1-2H3,(H,38,45)(H,39,44)(H,40,47)(H,41,48)(H,42,46)(H,49,50)(H4,35,36,37)/t21-,22-,23-,24-,25-/m0/s1. The summed E-state index contributed by atoms with van der Waals surface area (Å²) >= 11 is 0. The summed E-state index contributed by atoms with van der Waals surface area (Å²) in [5.74, 6) is -5.09. The van der Waals surface area contributed by atoms with Gasteiger partial charge in [-0.15, -0.1) is 0 Å². The van der Waals surface area contributed by atoms with E-state index in [1.807, 2.05) is 13.8 Å². The molecule has 1 rings (SSSR count).